The third-order valence-corrected chi connectivity index (χ3v) is 2.35. The van der Waals surface area contributed by atoms with Gasteiger partial charge in [-0.15, -0.1) is 0 Å². The van der Waals surface area contributed by atoms with Gasteiger partial charge in [-0.05, 0) is 24.1 Å². The molecule has 0 aliphatic heterocycles. The minimum absolute atomic E-state index is 0.0333. The molecule has 1 aromatic heterocycles. The van der Waals surface area contributed by atoms with Crippen molar-refractivity contribution in [1.82, 2.24) is 9.97 Å². The van der Waals surface area contributed by atoms with Crippen LogP contribution < -0.4 is 0 Å². The summed E-state index contributed by atoms with van der Waals surface area (Å²) >= 11 is 0. The molecule has 0 fully saturated rings. The molecule has 82 valence electrons. The van der Waals surface area contributed by atoms with Crippen LogP contribution in [-0.4, -0.2) is 15.1 Å². The Morgan fingerprint density at radius 3 is 2.56 bits per heavy atom. The second kappa shape index (κ2) is 4.37. The van der Waals surface area contributed by atoms with Gasteiger partial charge in [0.05, 0.1) is 19.0 Å². The third-order valence-electron chi connectivity index (χ3n) is 2.35. The van der Waals surface area contributed by atoms with Crippen molar-refractivity contribution >= 4 is 0 Å². The lowest BCUT2D eigenvalue weighted by molar-refractivity contribution is 0.282. The standard InChI is InChI=1S/C12H11FN2O/c1-8-2-3-9(7-16)4-11(8)12-14-5-10(13)6-15-12/h2-6,16H,7H2,1H3. The fourth-order valence-electron chi connectivity index (χ4n) is 1.46. The van der Waals surface area contributed by atoms with E-state index in [0.29, 0.717) is 5.82 Å². The number of aliphatic hydroxyl groups is 1. The summed E-state index contributed by atoms with van der Waals surface area (Å²) in [6.45, 7) is 1.89. The van der Waals surface area contributed by atoms with Crippen molar-refractivity contribution in [2.75, 3.05) is 0 Å². The molecule has 2 aromatic rings. The lowest BCUT2D eigenvalue weighted by Crippen LogP contribution is -1.94. The average molecular weight is 218 g/mol. The molecule has 2 rings (SSSR count). The van der Waals surface area contributed by atoms with E-state index in [4.69, 9.17) is 5.11 Å². The maximum absolute atomic E-state index is 12.7. The highest BCUT2D eigenvalue weighted by Crippen LogP contribution is 2.20. The lowest BCUT2D eigenvalue weighted by atomic mass is 10.0. The summed E-state index contributed by atoms with van der Waals surface area (Å²) in [5.74, 6) is 0.00826. The monoisotopic (exact) mass is 218 g/mol. The molecule has 0 unspecified atom stereocenters. The molecule has 0 aliphatic rings. The molecule has 0 amide bonds. The van der Waals surface area contributed by atoms with Gasteiger partial charge < -0.3 is 5.11 Å². The zero-order valence-electron chi connectivity index (χ0n) is 8.81. The smallest absolute Gasteiger partial charge is 0.159 e. The molecule has 1 aromatic carbocycles. The lowest BCUT2D eigenvalue weighted by Gasteiger charge is -2.06. The summed E-state index contributed by atoms with van der Waals surface area (Å²) in [4.78, 5) is 7.83. The summed E-state index contributed by atoms with van der Waals surface area (Å²) in [6, 6.07) is 5.53. The Kier molecular flexibility index (Phi) is 2.92. The second-order valence-electron chi connectivity index (χ2n) is 3.53. The minimum Gasteiger partial charge on any atom is -0.392 e. The summed E-state index contributed by atoms with van der Waals surface area (Å²) in [6.07, 6.45) is 2.26. The minimum atomic E-state index is -0.459. The van der Waals surface area contributed by atoms with E-state index in [9.17, 15) is 4.39 Å². The molecule has 16 heavy (non-hydrogen) atoms. The van der Waals surface area contributed by atoms with Crippen LogP contribution in [0.1, 0.15) is 11.1 Å². The highest BCUT2D eigenvalue weighted by Gasteiger charge is 2.06. The van der Waals surface area contributed by atoms with Gasteiger partial charge in [0.25, 0.3) is 0 Å². The fourth-order valence-corrected chi connectivity index (χ4v) is 1.46. The average Bonchev–Trinajstić information content (AvgIpc) is 2.31. The van der Waals surface area contributed by atoms with Gasteiger partial charge in [0.2, 0.25) is 0 Å². The number of hydrogen-bond acceptors (Lipinski definition) is 3. The van der Waals surface area contributed by atoms with E-state index in [-0.39, 0.29) is 6.61 Å². The topological polar surface area (TPSA) is 46.0 Å². The van der Waals surface area contributed by atoms with E-state index in [0.717, 1.165) is 29.1 Å². The Labute approximate surface area is 92.6 Å². The van der Waals surface area contributed by atoms with Crippen LogP contribution in [0.5, 0.6) is 0 Å². The van der Waals surface area contributed by atoms with Crippen LogP contribution in [0.4, 0.5) is 4.39 Å². The normalized spacial score (nSPS) is 10.4. The Morgan fingerprint density at radius 1 is 1.25 bits per heavy atom. The predicted molar refractivity (Wildman–Crippen MR) is 58.1 cm³/mol. The van der Waals surface area contributed by atoms with Gasteiger partial charge in [-0.25, -0.2) is 14.4 Å². The second-order valence-corrected chi connectivity index (χ2v) is 3.53. The Hall–Kier alpha value is -1.81. The van der Waals surface area contributed by atoms with Crippen LogP contribution in [0, 0.1) is 12.7 Å². The molecule has 0 spiro atoms. The first-order chi connectivity index (χ1) is 7.70. The molecule has 0 aliphatic carbocycles. The molecular formula is C12H11FN2O. The van der Waals surface area contributed by atoms with E-state index in [1.807, 2.05) is 25.1 Å². The number of aliphatic hydroxyl groups excluding tert-OH is 1. The first-order valence-electron chi connectivity index (χ1n) is 4.89. The largest absolute Gasteiger partial charge is 0.392 e. The molecule has 0 saturated carbocycles. The maximum Gasteiger partial charge on any atom is 0.159 e. The van der Waals surface area contributed by atoms with Crippen LogP contribution in [0.3, 0.4) is 0 Å². The summed E-state index contributed by atoms with van der Waals surface area (Å²) in [7, 11) is 0. The molecule has 0 bridgehead atoms. The SMILES string of the molecule is Cc1ccc(CO)cc1-c1ncc(F)cn1. The highest BCUT2D eigenvalue weighted by atomic mass is 19.1. The Morgan fingerprint density at radius 2 is 1.94 bits per heavy atom. The Balaban J connectivity index is 2.50. The number of hydrogen-bond donors (Lipinski definition) is 1. The van der Waals surface area contributed by atoms with Crippen molar-refractivity contribution in [3.63, 3.8) is 0 Å². The van der Waals surface area contributed by atoms with Crippen LogP contribution in [0.2, 0.25) is 0 Å². The van der Waals surface area contributed by atoms with Gasteiger partial charge >= 0.3 is 0 Å². The number of nitrogens with zero attached hydrogens (tertiary/aromatic N) is 2. The zero-order valence-corrected chi connectivity index (χ0v) is 8.81. The number of aromatic nitrogens is 2. The van der Waals surface area contributed by atoms with Gasteiger partial charge in [0.1, 0.15) is 0 Å². The van der Waals surface area contributed by atoms with Crippen LogP contribution in [0.25, 0.3) is 11.4 Å². The summed E-state index contributed by atoms with van der Waals surface area (Å²) < 4.78 is 12.7. The number of aryl methyl sites for hydroxylation is 1. The molecule has 0 radical (unpaired) electrons. The van der Waals surface area contributed by atoms with Gasteiger partial charge in [-0.1, -0.05) is 12.1 Å². The zero-order chi connectivity index (χ0) is 11.5. The third kappa shape index (κ3) is 2.06. The van der Waals surface area contributed by atoms with Crippen LogP contribution in [0.15, 0.2) is 30.6 Å². The van der Waals surface area contributed by atoms with Crippen molar-refractivity contribution in [2.24, 2.45) is 0 Å². The van der Waals surface area contributed by atoms with Gasteiger partial charge in [-0.2, -0.15) is 0 Å². The van der Waals surface area contributed by atoms with E-state index >= 15 is 0 Å². The van der Waals surface area contributed by atoms with Crippen LogP contribution in [-0.2, 0) is 6.61 Å². The first-order valence-corrected chi connectivity index (χ1v) is 4.89. The van der Waals surface area contributed by atoms with Crippen molar-refractivity contribution in [2.45, 2.75) is 13.5 Å². The van der Waals surface area contributed by atoms with E-state index in [2.05, 4.69) is 9.97 Å². The summed E-state index contributed by atoms with van der Waals surface area (Å²) in [5.41, 5.74) is 2.59. The molecular weight excluding hydrogens is 207 g/mol. The van der Waals surface area contributed by atoms with E-state index in [1.165, 1.54) is 0 Å². The van der Waals surface area contributed by atoms with Crippen molar-refractivity contribution in [3.05, 3.63) is 47.5 Å². The number of halogens is 1. The van der Waals surface area contributed by atoms with Crippen LogP contribution >= 0.6 is 0 Å². The van der Waals surface area contributed by atoms with Gasteiger partial charge in [-0.3, -0.25) is 0 Å². The molecule has 1 N–H and O–H groups in total. The predicted octanol–water partition coefficient (Wildman–Crippen LogP) is 2.08. The number of benzene rings is 1. The van der Waals surface area contributed by atoms with Gasteiger partial charge in [0.15, 0.2) is 11.6 Å². The quantitative estimate of drug-likeness (QED) is 0.839. The van der Waals surface area contributed by atoms with Crippen molar-refractivity contribution in [3.8, 4) is 11.4 Å². The van der Waals surface area contributed by atoms with Gasteiger partial charge in [0, 0.05) is 5.56 Å². The molecule has 3 nitrogen and oxygen atoms in total. The van der Waals surface area contributed by atoms with E-state index in [1.54, 1.807) is 0 Å². The number of rotatable bonds is 2. The highest BCUT2D eigenvalue weighted by molar-refractivity contribution is 5.60. The molecule has 4 heteroatoms. The molecule has 0 saturated heterocycles. The Bertz CT molecular complexity index is 497. The maximum atomic E-state index is 12.7. The van der Waals surface area contributed by atoms with Crippen molar-refractivity contribution in [1.29, 1.82) is 0 Å². The van der Waals surface area contributed by atoms with E-state index < -0.39 is 5.82 Å². The summed E-state index contributed by atoms with van der Waals surface area (Å²) in [5, 5.41) is 9.04. The first kappa shape index (κ1) is 10.7. The van der Waals surface area contributed by atoms with Crippen molar-refractivity contribution < 1.29 is 9.50 Å². The molecule has 0 atom stereocenters. The molecule has 1 heterocycles. The fraction of sp³-hybridized carbons (Fsp3) is 0.167.